The predicted octanol–water partition coefficient (Wildman–Crippen LogP) is 4.37. The Morgan fingerprint density at radius 1 is 1.10 bits per heavy atom. The van der Waals surface area contributed by atoms with Crippen LogP contribution in [0.2, 0.25) is 0 Å². The van der Waals surface area contributed by atoms with E-state index in [2.05, 4.69) is 10.0 Å². The number of azide groups is 1. The number of cyclic esters (lactones) is 1. The van der Waals surface area contributed by atoms with Crippen molar-refractivity contribution in [3.05, 3.63) is 10.4 Å². The van der Waals surface area contributed by atoms with E-state index in [1.54, 1.807) is 34.6 Å². The second kappa shape index (κ2) is 16.9. The molecule has 13 atom stereocenters. The standard InChI is InChI=1S/C35H58FN5O10/c1-12-24-35(8)27(41(32(46)51-35)16-14-13-15-38-39-37)21(4)25(42)19(2)18-33(6,47-11)29(22(5)28(44)34(7,36)31(45)49-24)50-30-26(43)23(40(9)10)17-20(3)48-30/h19-24,26-27,29-30,43H,12-18H2,1-11H3/t19-,20?,21+,22+,23?,24?,26?,27-,29-,30?,33+,34+,35-/m1/s1. The lowest BCUT2D eigenvalue weighted by Gasteiger charge is -2.47. The minimum atomic E-state index is -3.18. The van der Waals surface area contributed by atoms with Crippen molar-refractivity contribution in [3.63, 3.8) is 0 Å². The Morgan fingerprint density at radius 2 is 1.75 bits per heavy atom. The van der Waals surface area contributed by atoms with E-state index >= 15 is 4.39 Å². The molecule has 16 heteroatoms. The maximum atomic E-state index is 16.7. The molecule has 0 saturated carbocycles. The van der Waals surface area contributed by atoms with Gasteiger partial charge in [0, 0.05) is 48.9 Å². The molecular formula is C35H58FN5O10. The van der Waals surface area contributed by atoms with Gasteiger partial charge in [0.05, 0.1) is 23.9 Å². The topological polar surface area (TPSA) is 190 Å². The number of Topliss-reactive ketones (excluding diaryl/α,β-unsaturated/α-hetero) is 2. The minimum Gasteiger partial charge on any atom is -0.455 e. The van der Waals surface area contributed by atoms with Gasteiger partial charge in [0.25, 0.3) is 5.67 Å². The monoisotopic (exact) mass is 727 g/mol. The molecule has 0 aromatic heterocycles. The molecule has 3 aliphatic heterocycles. The Hall–Kier alpha value is -2.88. The van der Waals surface area contributed by atoms with E-state index in [0.29, 0.717) is 19.3 Å². The molecule has 1 N–H and O–H groups in total. The highest BCUT2D eigenvalue weighted by atomic mass is 19.1. The summed E-state index contributed by atoms with van der Waals surface area (Å²) in [5.41, 5.74) is 2.42. The third-order valence-corrected chi connectivity index (χ3v) is 11.2. The summed E-state index contributed by atoms with van der Waals surface area (Å²) < 4.78 is 46.8. The van der Waals surface area contributed by atoms with Gasteiger partial charge in [0.15, 0.2) is 17.7 Å². The van der Waals surface area contributed by atoms with Crippen molar-refractivity contribution in [1.82, 2.24) is 9.80 Å². The van der Waals surface area contributed by atoms with Gasteiger partial charge in [-0.1, -0.05) is 32.8 Å². The lowest BCUT2D eigenvalue weighted by molar-refractivity contribution is -0.295. The molecule has 1 amide bonds. The summed E-state index contributed by atoms with van der Waals surface area (Å²) >= 11 is 0. The number of likely N-dealkylation sites (N-methyl/N-ethyl adjacent to an activating group) is 1. The number of methoxy groups -OCH3 is 1. The number of nitrogens with zero attached hydrogens (tertiary/aromatic N) is 5. The summed E-state index contributed by atoms with van der Waals surface area (Å²) in [6, 6.07) is -1.31. The number of hydrogen-bond acceptors (Lipinski definition) is 12. The Labute approximate surface area is 300 Å². The number of ketones is 2. The number of ether oxygens (including phenoxy) is 5. The maximum Gasteiger partial charge on any atom is 0.410 e. The molecular weight excluding hydrogens is 669 g/mol. The summed E-state index contributed by atoms with van der Waals surface area (Å²) in [6.07, 6.45) is -4.59. The van der Waals surface area contributed by atoms with Crippen molar-refractivity contribution < 1.29 is 52.4 Å². The highest BCUT2D eigenvalue weighted by Gasteiger charge is 2.61. The molecule has 0 bridgehead atoms. The summed E-state index contributed by atoms with van der Waals surface area (Å²) in [4.78, 5) is 61.7. The van der Waals surface area contributed by atoms with E-state index in [1.807, 2.05) is 25.9 Å². The number of aliphatic hydroxyl groups excluding tert-OH is 1. The summed E-state index contributed by atoms with van der Waals surface area (Å²) in [6.45, 7) is 12.7. The molecule has 3 rings (SSSR count). The van der Waals surface area contributed by atoms with Crippen LogP contribution >= 0.6 is 0 Å². The highest BCUT2D eigenvalue weighted by Crippen LogP contribution is 2.43. The lowest BCUT2D eigenvalue weighted by Crippen LogP contribution is -2.61. The van der Waals surface area contributed by atoms with Crippen molar-refractivity contribution in [1.29, 1.82) is 0 Å². The summed E-state index contributed by atoms with van der Waals surface area (Å²) in [5, 5.41) is 14.9. The zero-order valence-electron chi connectivity index (χ0n) is 32.0. The lowest BCUT2D eigenvalue weighted by atomic mass is 9.73. The first-order valence-corrected chi connectivity index (χ1v) is 17.9. The fourth-order valence-electron chi connectivity index (χ4n) is 8.22. The number of aliphatic hydroxyl groups is 1. The summed E-state index contributed by atoms with van der Waals surface area (Å²) in [5.74, 6) is -5.88. The van der Waals surface area contributed by atoms with Crippen LogP contribution in [0.25, 0.3) is 10.4 Å². The van der Waals surface area contributed by atoms with Gasteiger partial charge in [0.2, 0.25) is 0 Å². The fraction of sp³-hybridized carbons (Fsp3) is 0.886. The zero-order chi connectivity index (χ0) is 38.6. The Balaban J connectivity index is 2.15. The van der Waals surface area contributed by atoms with Gasteiger partial charge < -0.3 is 38.6 Å². The fourth-order valence-corrected chi connectivity index (χ4v) is 8.22. The van der Waals surface area contributed by atoms with Gasteiger partial charge in [-0.3, -0.25) is 9.59 Å². The molecule has 0 aliphatic carbocycles. The molecule has 51 heavy (non-hydrogen) atoms. The number of rotatable bonds is 10. The van der Waals surface area contributed by atoms with E-state index in [9.17, 15) is 24.3 Å². The number of alkyl halides is 1. The van der Waals surface area contributed by atoms with Crippen LogP contribution in [0.4, 0.5) is 9.18 Å². The van der Waals surface area contributed by atoms with Gasteiger partial charge in [-0.2, -0.15) is 0 Å². The van der Waals surface area contributed by atoms with Crippen molar-refractivity contribution >= 4 is 23.6 Å². The van der Waals surface area contributed by atoms with Crippen LogP contribution in [0.15, 0.2) is 5.11 Å². The first-order chi connectivity index (χ1) is 23.7. The first kappa shape index (κ1) is 42.5. The number of carbonyl (C=O) groups excluding carboxylic acids is 4. The molecule has 3 aliphatic rings. The quantitative estimate of drug-likeness (QED) is 0.0840. The van der Waals surface area contributed by atoms with E-state index in [4.69, 9.17) is 29.2 Å². The van der Waals surface area contributed by atoms with Crippen molar-refractivity contribution in [3.8, 4) is 0 Å². The third kappa shape index (κ3) is 8.68. The van der Waals surface area contributed by atoms with Crippen LogP contribution in [0.1, 0.15) is 87.5 Å². The van der Waals surface area contributed by atoms with Crippen molar-refractivity contribution in [2.75, 3.05) is 34.3 Å². The predicted molar refractivity (Wildman–Crippen MR) is 183 cm³/mol. The normalized spacial score (nSPS) is 41.4. The minimum absolute atomic E-state index is 0.0144. The van der Waals surface area contributed by atoms with Gasteiger partial charge >= 0.3 is 12.1 Å². The van der Waals surface area contributed by atoms with E-state index in [0.717, 1.165) is 6.92 Å². The molecule has 0 radical (unpaired) electrons. The Morgan fingerprint density at radius 3 is 2.31 bits per heavy atom. The molecule has 5 unspecified atom stereocenters. The third-order valence-electron chi connectivity index (χ3n) is 11.2. The van der Waals surface area contributed by atoms with Gasteiger partial charge in [0.1, 0.15) is 18.0 Å². The first-order valence-electron chi connectivity index (χ1n) is 17.9. The van der Waals surface area contributed by atoms with Crippen LogP contribution in [0.5, 0.6) is 0 Å². The molecule has 3 heterocycles. The van der Waals surface area contributed by atoms with Crippen LogP contribution < -0.4 is 0 Å². The van der Waals surface area contributed by atoms with Crippen molar-refractivity contribution in [2.45, 2.75) is 147 Å². The number of unbranched alkanes of at least 4 members (excludes halogenated alkanes) is 1. The number of esters is 1. The van der Waals surface area contributed by atoms with Crippen LogP contribution in [0, 0.1) is 17.8 Å². The molecule has 0 aromatic rings. The second-order valence-electron chi connectivity index (χ2n) is 15.3. The maximum absolute atomic E-state index is 16.7. The van der Waals surface area contributed by atoms with Gasteiger partial charge in [-0.15, -0.1) is 0 Å². The van der Waals surface area contributed by atoms with Crippen LogP contribution in [-0.4, -0.2) is 132 Å². The van der Waals surface area contributed by atoms with E-state index in [1.165, 1.54) is 18.9 Å². The zero-order valence-corrected chi connectivity index (χ0v) is 32.0. The number of hydrogen-bond donors (Lipinski definition) is 1. The molecule has 3 saturated heterocycles. The van der Waals surface area contributed by atoms with Gasteiger partial charge in [-0.25, -0.2) is 14.0 Å². The molecule has 0 aromatic carbocycles. The highest BCUT2D eigenvalue weighted by molar-refractivity contribution is 6.08. The van der Waals surface area contributed by atoms with Crippen LogP contribution in [-0.2, 0) is 38.1 Å². The number of halogens is 1. The smallest absolute Gasteiger partial charge is 0.410 e. The molecule has 15 nitrogen and oxygen atoms in total. The molecule has 0 spiro atoms. The van der Waals surface area contributed by atoms with Gasteiger partial charge in [-0.05, 0) is 79.4 Å². The summed E-state index contributed by atoms with van der Waals surface area (Å²) in [7, 11) is 5.01. The largest absolute Gasteiger partial charge is 0.455 e. The van der Waals surface area contributed by atoms with E-state index in [-0.39, 0.29) is 43.9 Å². The average molecular weight is 728 g/mol. The Kier molecular flexibility index (Phi) is 14.1. The van der Waals surface area contributed by atoms with E-state index < -0.39 is 83.1 Å². The number of carbonyl (C=O) groups is 4. The number of amides is 1. The Bertz CT molecular complexity index is 1330. The SMILES string of the molecule is CCC1OC(=O)[C@@](C)(F)C(=O)[C@H](C)[C@@H](OC2OC(C)CC(N(C)C)C2O)[C@@](C)(OC)C[C@@H](C)C(=O)[C@H](C)[C@H]2N(CCCCN=[N+]=[N-])C(=O)O[C@]12C. The average Bonchev–Trinajstić information content (AvgIpc) is 3.33. The van der Waals surface area contributed by atoms with Crippen molar-refractivity contribution in [2.24, 2.45) is 22.9 Å². The second-order valence-corrected chi connectivity index (χ2v) is 15.3. The molecule has 3 fully saturated rings. The van der Waals surface area contributed by atoms with Crippen LogP contribution in [0.3, 0.4) is 0 Å². The molecule has 290 valence electrons. The number of fused-ring (bicyclic) bond motifs is 1.